The molecule has 1 heterocycles. The van der Waals surface area contributed by atoms with Gasteiger partial charge in [0, 0.05) is 0 Å². The highest BCUT2D eigenvalue weighted by Crippen LogP contribution is 2.22. The van der Waals surface area contributed by atoms with E-state index >= 15 is 0 Å². The molecule has 0 bridgehead atoms. The third kappa shape index (κ3) is 4.14. The van der Waals surface area contributed by atoms with Crippen LogP contribution in [0.15, 0.2) is 72.8 Å². The Morgan fingerprint density at radius 3 is 1.83 bits per heavy atom. The summed E-state index contributed by atoms with van der Waals surface area (Å²) in [6.07, 6.45) is 0.812. The molecule has 0 aliphatic rings. The van der Waals surface area contributed by atoms with Crippen LogP contribution < -0.4 is 5.73 Å². The molecule has 3 aromatic carbocycles. The number of aliphatic hydroxyl groups is 1. The Labute approximate surface area is 174 Å². The largest absolute Gasteiger partial charge is 0.392 e. The number of carbonyl (C=O) groups excluding carboxylic acids is 1. The van der Waals surface area contributed by atoms with Crippen LogP contribution in [-0.4, -0.2) is 25.8 Å². The molecule has 0 saturated heterocycles. The summed E-state index contributed by atoms with van der Waals surface area (Å²) >= 11 is 0. The Morgan fingerprint density at radius 1 is 0.867 bits per heavy atom. The van der Waals surface area contributed by atoms with Crippen molar-refractivity contribution in [2.75, 3.05) is 0 Å². The molecule has 1 aromatic heterocycles. The van der Waals surface area contributed by atoms with Crippen LogP contribution in [0.4, 0.5) is 0 Å². The second-order valence-corrected chi connectivity index (χ2v) is 7.15. The number of hydrogen-bond donors (Lipinski definition) is 2. The number of hydrogen-bond acceptors (Lipinski definition) is 4. The SMILES string of the molecule is Cc1nc(C(N)=O)nn1-c1ccc(Cc2ccc(-c3ccc(CO)cc3)cc2)cc1. The van der Waals surface area contributed by atoms with Crippen LogP contribution in [0.2, 0.25) is 0 Å². The zero-order chi connectivity index (χ0) is 21.1. The van der Waals surface area contributed by atoms with Crippen LogP contribution in [0.3, 0.4) is 0 Å². The predicted molar refractivity (Wildman–Crippen MR) is 115 cm³/mol. The zero-order valence-electron chi connectivity index (χ0n) is 16.6. The van der Waals surface area contributed by atoms with Crippen molar-refractivity contribution in [1.29, 1.82) is 0 Å². The fraction of sp³-hybridized carbons (Fsp3) is 0.125. The average molecular weight is 398 g/mol. The predicted octanol–water partition coefficient (Wildman–Crippen LogP) is 3.42. The van der Waals surface area contributed by atoms with Crippen molar-refractivity contribution in [2.24, 2.45) is 5.73 Å². The molecule has 1 amide bonds. The summed E-state index contributed by atoms with van der Waals surface area (Å²) in [6, 6.07) is 24.4. The number of aryl methyl sites for hydroxylation is 1. The van der Waals surface area contributed by atoms with Crippen molar-refractivity contribution in [3.63, 3.8) is 0 Å². The molecule has 150 valence electrons. The lowest BCUT2D eigenvalue weighted by Gasteiger charge is -2.07. The standard InChI is InChI=1S/C24H22N4O2/c1-16-26-24(23(25)30)27-28(16)22-12-6-18(7-13-22)14-17-2-8-20(9-3-17)21-10-4-19(15-29)5-11-21/h2-13,29H,14-15H2,1H3,(H2,25,30). The number of rotatable bonds is 6. The highest BCUT2D eigenvalue weighted by atomic mass is 16.3. The van der Waals surface area contributed by atoms with Gasteiger partial charge in [-0.1, -0.05) is 60.7 Å². The first-order valence-electron chi connectivity index (χ1n) is 9.65. The summed E-state index contributed by atoms with van der Waals surface area (Å²) in [4.78, 5) is 15.4. The Morgan fingerprint density at radius 2 is 1.37 bits per heavy atom. The third-order valence-electron chi connectivity index (χ3n) is 5.00. The summed E-state index contributed by atoms with van der Waals surface area (Å²) in [7, 11) is 0. The molecule has 0 radical (unpaired) electrons. The van der Waals surface area contributed by atoms with Gasteiger partial charge in [0.15, 0.2) is 0 Å². The highest BCUT2D eigenvalue weighted by molar-refractivity contribution is 5.88. The van der Waals surface area contributed by atoms with Crippen LogP contribution in [0.1, 0.15) is 33.1 Å². The Hall–Kier alpha value is -3.77. The molecule has 0 saturated carbocycles. The second-order valence-electron chi connectivity index (χ2n) is 7.15. The Kier molecular flexibility index (Phi) is 5.41. The minimum Gasteiger partial charge on any atom is -0.392 e. The number of aromatic nitrogens is 3. The van der Waals surface area contributed by atoms with Crippen molar-refractivity contribution in [3.05, 3.63) is 101 Å². The van der Waals surface area contributed by atoms with Crippen LogP contribution >= 0.6 is 0 Å². The van der Waals surface area contributed by atoms with E-state index in [2.05, 4.69) is 34.3 Å². The van der Waals surface area contributed by atoms with Gasteiger partial charge in [0.25, 0.3) is 5.91 Å². The van der Waals surface area contributed by atoms with E-state index in [9.17, 15) is 4.79 Å². The van der Waals surface area contributed by atoms with Gasteiger partial charge in [0.2, 0.25) is 5.82 Å². The summed E-state index contributed by atoms with van der Waals surface area (Å²) in [5.74, 6) is -0.0110. The van der Waals surface area contributed by atoms with Gasteiger partial charge < -0.3 is 10.8 Å². The minimum absolute atomic E-state index is 0.0164. The molecular formula is C24H22N4O2. The lowest BCUT2D eigenvalue weighted by atomic mass is 9.99. The van der Waals surface area contributed by atoms with Gasteiger partial charge in [0.05, 0.1) is 12.3 Å². The van der Waals surface area contributed by atoms with Crippen molar-refractivity contribution >= 4 is 5.91 Å². The van der Waals surface area contributed by atoms with Gasteiger partial charge in [0.1, 0.15) is 5.82 Å². The number of primary amides is 1. The van der Waals surface area contributed by atoms with Gasteiger partial charge >= 0.3 is 0 Å². The van der Waals surface area contributed by atoms with Gasteiger partial charge in [-0.25, -0.2) is 9.67 Å². The van der Waals surface area contributed by atoms with Gasteiger partial charge in [-0.2, -0.15) is 0 Å². The maximum absolute atomic E-state index is 11.3. The van der Waals surface area contributed by atoms with Crippen molar-refractivity contribution in [2.45, 2.75) is 20.0 Å². The fourth-order valence-electron chi connectivity index (χ4n) is 3.35. The lowest BCUT2D eigenvalue weighted by molar-refractivity contribution is 0.0990. The van der Waals surface area contributed by atoms with E-state index in [1.54, 1.807) is 11.6 Å². The molecule has 0 fully saturated rings. The lowest BCUT2D eigenvalue weighted by Crippen LogP contribution is -2.13. The first-order valence-corrected chi connectivity index (χ1v) is 9.65. The van der Waals surface area contributed by atoms with E-state index in [1.165, 1.54) is 11.1 Å². The molecular weight excluding hydrogens is 376 g/mol. The monoisotopic (exact) mass is 398 g/mol. The molecule has 0 unspecified atom stereocenters. The van der Waals surface area contributed by atoms with Gasteiger partial charge in [-0.05, 0) is 53.3 Å². The van der Waals surface area contributed by atoms with Gasteiger partial charge in [-0.3, -0.25) is 4.79 Å². The average Bonchev–Trinajstić information content (AvgIpc) is 3.17. The topological polar surface area (TPSA) is 94.0 Å². The summed E-state index contributed by atoms with van der Waals surface area (Å²) in [5, 5.41) is 13.3. The van der Waals surface area contributed by atoms with E-state index in [-0.39, 0.29) is 12.4 Å². The van der Waals surface area contributed by atoms with E-state index in [4.69, 9.17) is 10.8 Å². The van der Waals surface area contributed by atoms with E-state index in [0.29, 0.717) is 5.82 Å². The normalized spacial score (nSPS) is 10.9. The highest BCUT2D eigenvalue weighted by Gasteiger charge is 2.12. The number of benzene rings is 3. The number of nitrogens with zero attached hydrogens (tertiary/aromatic N) is 3. The van der Waals surface area contributed by atoms with Crippen LogP contribution in [0.5, 0.6) is 0 Å². The first kappa shape index (κ1) is 19.5. The fourth-order valence-corrected chi connectivity index (χ4v) is 3.35. The third-order valence-corrected chi connectivity index (χ3v) is 5.00. The molecule has 0 spiro atoms. The Bertz CT molecular complexity index is 1160. The molecule has 0 atom stereocenters. The maximum Gasteiger partial charge on any atom is 0.288 e. The van der Waals surface area contributed by atoms with Crippen molar-refractivity contribution in [3.8, 4) is 16.8 Å². The molecule has 4 rings (SSSR count). The molecule has 4 aromatic rings. The second kappa shape index (κ2) is 8.31. The summed E-state index contributed by atoms with van der Waals surface area (Å²) < 4.78 is 1.61. The number of amides is 1. The van der Waals surface area contributed by atoms with E-state index in [0.717, 1.165) is 28.8 Å². The van der Waals surface area contributed by atoms with Crippen LogP contribution in [-0.2, 0) is 13.0 Å². The Balaban J connectivity index is 1.47. The van der Waals surface area contributed by atoms with Crippen LogP contribution in [0, 0.1) is 6.92 Å². The zero-order valence-corrected chi connectivity index (χ0v) is 16.6. The molecule has 30 heavy (non-hydrogen) atoms. The molecule has 6 nitrogen and oxygen atoms in total. The summed E-state index contributed by atoms with van der Waals surface area (Å²) in [5.41, 5.74) is 11.7. The number of carbonyl (C=O) groups is 1. The van der Waals surface area contributed by atoms with Gasteiger partial charge in [-0.15, -0.1) is 5.10 Å². The molecule has 3 N–H and O–H groups in total. The minimum atomic E-state index is -0.638. The van der Waals surface area contributed by atoms with Crippen molar-refractivity contribution in [1.82, 2.24) is 14.8 Å². The van der Waals surface area contributed by atoms with E-state index < -0.39 is 5.91 Å². The van der Waals surface area contributed by atoms with Crippen molar-refractivity contribution < 1.29 is 9.90 Å². The number of nitrogens with two attached hydrogens (primary N) is 1. The van der Waals surface area contributed by atoms with Crippen LogP contribution in [0.25, 0.3) is 16.8 Å². The maximum atomic E-state index is 11.3. The summed E-state index contributed by atoms with van der Waals surface area (Å²) in [6.45, 7) is 1.84. The molecule has 0 aliphatic heterocycles. The first-order chi connectivity index (χ1) is 14.5. The molecule has 6 heteroatoms. The number of aliphatic hydroxyl groups excluding tert-OH is 1. The van der Waals surface area contributed by atoms with E-state index in [1.807, 2.05) is 48.5 Å². The molecule has 0 aliphatic carbocycles. The smallest absolute Gasteiger partial charge is 0.288 e. The quantitative estimate of drug-likeness (QED) is 0.520.